The zero-order chi connectivity index (χ0) is 23.8. The average Bonchev–Trinajstić information content (AvgIpc) is 3.22. The van der Waals surface area contributed by atoms with Crippen molar-refractivity contribution in [3.63, 3.8) is 0 Å². The molecule has 4 nitrogen and oxygen atoms in total. The highest BCUT2D eigenvalue weighted by Crippen LogP contribution is 2.41. The number of benzene rings is 3. The first-order chi connectivity index (χ1) is 16.4. The number of thiophene rings is 1. The van der Waals surface area contributed by atoms with Crippen LogP contribution in [0.3, 0.4) is 0 Å². The monoisotopic (exact) mass is 470 g/mol. The number of fused-ring (bicyclic) bond motifs is 1. The summed E-state index contributed by atoms with van der Waals surface area (Å²) in [5, 5.41) is 10.9. The SMILES string of the molecule is Cc1ccc(-c2sc3cc(O)ccc3c2C(=O)c2ccc(N3CCN(C(C)C)CC3)cc2)cc1. The molecule has 0 amide bonds. The summed E-state index contributed by atoms with van der Waals surface area (Å²) in [5.41, 5.74) is 4.76. The first kappa shape index (κ1) is 22.6. The number of ketones is 1. The molecule has 0 unspecified atom stereocenters. The molecule has 1 aliphatic heterocycles. The van der Waals surface area contributed by atoms with Gasteiger partial charge in [0.1, 0.15) is 5.75 Å². The topological polar surface area (TPSA) is 43.8 Å². The second-order valence-electron chi connectivity index (χ2n) is 9.35. The maximum Gasteiger partial charge on any atom is 0.195 e. The number of carbonyl (C=O) groups is 1. The molecule has 1 aromatic heterocycles. The van der Waals surface area contributed by atoms with E-state index in [2.05, 4.69) is 67.0 Å². The van der Waals surface area contributed by atoms with E-state index >= 15 is 0 Å². The van der Waals surface area contributed by atoms with Gasteiger partial charge in [-0.1, -0.05) is 29.8 Å². The van der Waals surface area contributed by atoms with Gasteiger partial charge in [-0.25, -0.2) is 0 Å². The molecular weight excluding hydrogens is 440 g/mol. The largest absolute Gasteiger partial charge is 0.508 e. The highest BCUT2D eigenvalue weighted by atomic mass is 32.1. The predicted molar refractivity (Wildman–Crippen MR) is 142 cm³/mol. The summed E-state index contributed by atoms with van der Waals surface area (Å²) in [4.78, 5) is 19.6. The summed E-state index contributed by atoms with van der Waals surface area (Å²) in [5.74, 6) is 0.230. The fourth-order valence-electron chi connectivity index (χ4n) is 4.68. The molecule has 0 radical (unpaired) electrons. The van der Waals surface area contributed by atoms with Gasteiger partial charge in [0.2, 0.25) is 0 Å². The Kier molecular flexibility index (Phi) is 6.15. The van der Waals surface area contributed by atoms with Crippen molar-refractivity contribution in [3.05, 3.63) is 83.4 Å². The Labute approximate surface area is 205 Å². The molecule has 34 heavy (non-hydrogen) atoms. The number of aryl methyl sites for hydroxylation is 1. The predicted octanol–water partition coefficient (Wildman–Crippen LogP) is 6.34. The number of phenols is 1. The first-order valence-electron chi connectivity index (χ1n) is 11.9. The van der Waals surface area contributed by atoms with Crippen molar-refractivity contribution in [2.45, 2.75) is 26.8 Å². The van der Waals surface area contributed by atoms with Crippen molar-refractivity contribution in [2.24, 2.45) is 0 Å². The number of hydrogen-bond acceptors (Lipinski definition) is 5. The Morgan fingerprint density at radius 1 is 0.912 bits per heavy atom. The number of hydrogen-bond donors (Lipinski definition) is 1. The lowest BCUT2D eigenvalue weighted by atomic mass is 9.97. The van der Waals surface area contributed by atoms with E-state index in [0.29, 0.717) is 17.2 Å². The van der Waals surface area contributed by atoms with Gasteiger partial charge in [-0.3, -0.25) is 9.69 Å². The van der Waals surface area contributed by atoms with Gasteiger partial charge >= 0.3 is 0 Å². The van der Waals surface area contributed by atoms with Gasteiger partial charge in [0.05, 0.1) is 0 Å². The van der Waals surface area contributed by atoms with E-state index < -0.39 is 0 Å². The molecule has 0 atom stereocenters. The minimum atomic E-state index is 0.0173. The van der Waals surface area contributed by atoms with Crippen molar-refractivity contribution < 1.29 is 9.90 Å². The zero-order valence-corrected chi connectivity index (χ0v) is 20.7. The molecule has 5 rings (SSSR count). The average molecular weight is 471 g/mol. The molecule has 2 heterocycles. The highest BCUT2D eigenvalue weighted by Gasteiger charge is 2.23. The summed E-state index contributed by atoms with van der Waals surface area (Å²) in [6.45, 7) is 10.7. The Morgan fingerprint density at radius 2 is 1.59 bits per heavy atom. The number of aromatic hydroxyl groups is 1. The van der Waals surface area contributed by atoms with Crippen LogP contribution in [-0.2, 0) is 0 Å². The number of nitrogens with zero attached hydrogens (tertiary/aromatic N) is 2. The molecule has 1 fully saturated rings. The molecule has 0 aliphatic carbocycles. The lowest BCUT2D eigenvalue weighted by Crippen LogP contribution is -2.48. The molecule has 0 spiro atoms. The third kappa shape index (κ3) is 4.33. The molecule has 174 valence electrons. The highest BCUT2D eigenvalue weighted by molar-refractivity contribution is 7.22. The van der Waals surface area contributed by atoms with Gasteiger partial charge in [-0.05, 0) is 68.8 Å². The third-order valence-corrected chi connectivity index (χ3v) is 7.96. The van der Waals surface area contributed by atoms with Crippen LogP contribution in [0.4, 0.5) is 5.69 Å². The normalized spacial score (nSPS) is 14.8. The number of rotatable bonds is 5. The van der Waals surface area contributed by atoms with E-state index in [1.54, 1.807) is 23.5 Å². The van der Waals surface area contributed by atoms with E-state index in [9.17, 15) is 9.90 Å². The minimum absolute atomic E-state index is 0.0173. The Balaban J connectivity index is 1.47. The summed E-state index contributed by atoms with van der Waals surface area (Å²) in [6, 6.07) is 22.2. The molecule has 1 N–H and O–H groups in total. The van der Waals surface area contributed by atoms with Gasteiger partial charge in [0.15, 0.2) is 5.78 Å². The second kappa shape index (κ2) is 9.24. The lowest BCUT2D eigenvalue weighted by Gasteiger charge is -2.38. The van der Waals surface area contributed by atoms with Gasteiger partial charge in [0.25, 0.3) is 0 Å². The molecule has 1 aliphatic rings. The van der Waals surface area contributed by atoms with Crippen LogP contribution in [0.15, 0.2) is 66.7 Å². The maximum absolute atomic E-state index is 13.8. The smallest absolute Gasteiger partial charge is 0.195 e. The molecule has 5 heteroatoms. The van der Waals surface area contributed by atoms with E-state index in [1.807, 2.05) is 18.2 Å². The molecule has 4 aromatic rings. The Hall–Kier alpha value is -3.15. The molecule has 3 aromatic carbocycles. The summed E-state index contributed by atoms with van der Waals surface area (Å²) < 4.78 is 0.915. The van der Waals surface area contributed by atoms with Gasteiger partial charge in [-0.2, -0.15) is 0 Å². The van der Waals surface area contributed by atoms with Crippen LogP contribution in [-0.4, -0.2) is 48.0 Å². The number of carbonyl (C=O) groups excluding carboxylic acids is 1. The second-order valence-corrected chi connectivity index (χ2v) is 10.4. The van der Waals surface area contributed by atoms with Crippen LogP contribution in [0.5, 0.6) is 5.75 Å². The quantitative estimate of drug-likeness (QED) is 0.346. The third-order valence-electron chi connectivity index (χ3n) is 6.75. The van der Waals surface area contributed by atoms with E-state index in [1.165, 1.54) is 11.3 Å². The van der Waals surface area contributed by atoms with Gasteiger partial charge in [0, 0.05) is 64.0 Å². The number of anilines is 1. The van der Waals surface area contributed by atoms with Crippen LogP contribution in [0.25, 0.3) is 20.5 Å². The number of piperazine rings is 1. The van der Waals surface area contributed by atoms with Gasteiger partial charge in [-0.15, -0.1) is 11.3 Å². The van der Waals surface area contributed by atoms with Crippen LogP contribution in [0.2, 0.25) is 0 Å². The molecule has 1 saturated heterocycles. The van der Waals surface area contributed by atoms with Gasteiger partial charge < -0.3 is 10.0 Å². The molecular formula is C29H30N2O2S. The van der Waals surface area contributed by atoms with E-state index in [-0.39, 0.29) is 11.5 Å². The fourth-order valence-corrected chi connectivity index (χ4v) is 5.92. The summed E-state index contributed by atoms with van der Waals surface area (Å²) >= 11 is 1.55. The van der Waals surface area contributed by atoms with Crippen molar-refractivity contribution in [3.8, 4) is 16.2 Å². The summed E-state index contributed by atoms with van der Waals surface area (Å²) in [7, 11) is 0. The first-order valence-corrected chi connectivity index (χ1v) is 12.7. The fraction of sp³-hybridized carbons (Fsp3) is 0.276. The maximum atomic E-state index is 13.8. The number of phenolic OH excluding ortho intramolecular Hbond substituents is 1. The van der Waals surface area contributed by atoms with E-state index in [4.69, 9.17) is 0 Å². The van der Waals surface area contributed by atoms with E-state index in [0.717, 1.165) is 46.7 Å². The summed E-state index contributed by atoms with van der Waals surface area (Å²) in [6.07, 6.45) is 0. The van der Waals surface area contributed by atoms with Crippen molar-refractivity contribution >= 4 is 32.9 Å². The van der Waals surface area contributed by atoms with Crippen molar-refractivity contribution in [1.82, 2.24) is 4.90 Å². The Bertz CT molecular complexity index is 1320. The van der Waals surface area contributed by atoms with Crippen molar-refractivity contribution in [1.29, 1.82) is 0 Å². The Morgan fingerprint density at radius 3 is 2.24 bits per heavy atom. The van der Waals surface area contributed by atoms with Crippen molar-refractivity contribution in [2.75, 3.05) is 31.1 Å². The lowest BCUT2D eigenvalue weighted by molar-refractivity contribution is 0.104. The molecule has 0 saturated carbocycles. The molecule has 0 bridgehead atoms. The van der Waals surface area contributed by atoms with Crippen LogP contribution in [0, 0.1) is 6.92 Å². The minimum Gasteiger partial charge on any atom is -0.508 e. The zero-order valence-electron chi connectivity index (χ0n) is 19.9. The standard InChI is InChI=1S/C29H30N2O2S/c1-19(2)30-14-16-31(17-15-30)23-10-8-21(9-11-23)28(33)27-25-13-12-24(32)18-26(25)34-29(27)22-6-4-20(3)5-7-22/h4-13,18-19,32H,14-17H2,1-3H3. The van der Waals surface area contributed by atoms with Crippen LogP contribution >= 0.6 is 11.3 Å². The van der Waals surface area contributed by atoms with Crippen LogP contribution in [0.1, 0.15) is 35.3 Å². The van der Waals surface area contributed by atoms with Crippen LogP contribution < -0.4 is 4.90 Å².